The van der Waals surface area contributed by atoms with Crippen molar-refractivity contribution in [2.24, 2.45) is 11.8 Å². The number of rotatable bonds is 5. The smallest absolute Gasteiger partial charge is 0.475 e. The first-order valence-corrected chi connectivity index (χ1v) is 13.9. The van der Waals surface area contributed by atoms with Gasteiger partial charge in [0, 0.05) is 50.4 Å². The van der Waals surface area contributed by atoms with E-state index in [2.05, 4.69) is 27.3 Å². The van der Waals surface area contributed by atoms with Gasteiger partial charge < -0.3 is 15.5 Å². The van der Waals surface area contributed by atoms with Crippen LogP contribution in [0.3, 0.4) is 0 Å². The molecule has 17 heteroatoms. The second kappa shape index (κ2) is 14.4. The molecule has 10 nitrogen and oxygen atoms in total. The van der Waals surface area contributed by atoms with Gasteiger partial charge in [-0.15, -0.1) is 0 Å². The molecule has 3 heterocycles. The number of hydrogen-bond acceptors (Lipinski definition) is 7. The molecule has 1 aromatic carbocycles. The van der Waals surface area contributed by atoms with E-state index in [1.807, 2.05) is 30.3 Å². The molecule has 2 fully saturated rings. The van der Waals surface area contributed by atoms with E-state index in [1.54, 1.807) is 12.4 Å². The number of carboxylic acids is 2. The Morgan fingerprint density at radius 2 is 1.45 bits per heavy atom. The summed E-state index contributed by atoms with van der Waals surface area (Å²) in [6.45, 7) is 2.28. The van der Waals surface area contributed by atoms with Crippen LogP contribution < -0.4 is 5.32 Å². The van der Waals surface area contributed by atoms with Crippen LogP contribution in [0.1, 0.15) is 17.5 Å². The van der Waals surface area contributed by atoms with E-state index < -0.39 is 39.4 Å². The van der Waals surface area contributed by atoms with Crippen molar-refractivity contribution in [3.8, 4) is 0 Å². The SMILES string of the molecule is O=C(NCc1cccnc1)[C@@H]1CCS(=O)(=O)[C@@H]2CN(Cc3ccccc3)C[C@@H]21.O=C(O)C(F)(F)F.O=C(O)C(F)(F)F. The van der Waals surface area contributed by atoms with Crippen molar-refractivity contribution in [2.45, 2.75) is 37.1 Å². The number of carbonyl (C=O) groups excluding carboxylic acids is 1. The largest absolute Gasteiger partial charge is 0.490 e. The third kappa shape index (κ3) is 10.6. The van der Waals surface area contributed by atoms with Crippen LogP contribution >= 0.6 is 0 Å². The fraction of sp³-hybridized carbons (Fsp3) is 0.440. The molecule has 1 aromatic heterocycles. The predicted octanol–water partition coefficient (Wildman–Crippen LogP) is 2.90. The molecule has 2 aliphatic heterocycles. The number of nitrogens with zero attached hydrogens (tertiary/aromatic N) is 2. The van der Waals surface area contributed by atoms with Gasteiger partial charge in [-0.2, -0.15) is 26.3 Å². The molecule has 3 atom stereocenters. The Hall–Kier alpha value is -3.73. The molecule has 1 amide bonds. The standard InChI is InChI=1S/C21H25N3O3S.2C2HF3O2/c25-21(23-12-17-7-4-9-22-11-17)18-8-10-28(26,27)20-15-24(14-19(18)20)13-16-5-2-1-3-6-16;2*3-2(4,5)1(6)7/h1-7,9,11,18-20H,8,10,12-15H2,(H,23,25);2*(H,6,7)/t18-,19-,20-;;/m1../s1. The van der Waals surface area contributed by atoms with Gasteiger partial charge in [-0.1, -0.05) is 36.4 Å². The molecule has 0 spiro atoms. The second-order valence-electron chi connectivity index (χ2n) is 9.33. The van der Waals surface area contributed by atoms with Crippen LogP contribution in [0.15, 0.2) is 54.9 Å². The minimum atomic E-state index is -5.08. The molecular formula is C25H27F6N3O7S. The lowest BCUT2D eigenvalue weighted by Gasteiger charge is -2.31. The van der Waals surface area contributed by atoms with Gasteiger partial charge in [0.25, 0.3) is 0 Å². The first kappa shape index (κ1) is 34.5. The van der Waals surface area contributed by atoms with Gasteiger partial charge in [0.15, 0.2) is 9.84 Å². The van der Waals surface area contributed by atoms with Crippen molar-refractivity contribution < 1.29 is 59.4 Å². The summed E-state index contributed by atoms with van der Waals surface area (Å²) in [5.74, 6) is -5.86. The van der Waals surface area contributed by atoms with Crippen LogP contribution in [0, 0.1) is 11.8 Å². The average molecular weight is 628 g/mol. The van der Waals surface area contributed by atoms with E-state index in [0.29, 0.717) is 32.6 Å². The Labute approximate surface area is 236 Å². The van der Waals surface area contributed by atoms with Gasteiger partial charge in [0.05, 0.1) is 11.0 Å². The first-order valence-electron chi connectivity index (χ1n) is 12.2. The molecular weight excluding hydrogens is 600 g/mol. The van der Waals surface area contributed by atoms with Crippen molar-refractivity contribution >= 4 is 27.7 Å². The molecule has 0 bridgehead atoms. The molecule has 232 valence electrons. The van der Waals surface area contributed by atoms with Gasteiger partial charge >= 0.3 is 24.3 Å². The van der Waals surface area contributed by atoms with Crippen molar-refractivity contribution in [2.75, 3.05) is 18.8 Å². The Balaban J connectivity index is 0.000000367. The number of aromatic nitrogens is 1. The van der Waals surface area contributed by atoms with E-state index in [0.717, 1.165) is 11.1 Å². The monoisotopic (exact) mass is 627 g/mol. The van der Waals surface area contributed by atoms with Gasteiger partial charge in [0.1, 0.15) is 0 Å². The lowest BCUT2D eigenvalue weighted by atomic mass is 9.87. The maximum absolute atomic E-state index is 12.8. The van der Waals surface area contributed by atoms with Gasteiger partial charge in [-0.05, 0) is 23.6 Å². The van der Waals surface area contributed by atoms with Crippen molar-refractivity contribution in [3.05, 3.63) is 66.0 Å². The zero-order valence-electron chi connectivity index (χ0n) is 21.7. The summed E-state index contributed by atoms with van der Waals surface area (Å²) < 4.78 is 88.8. The molecule has 0 unspecified atom stereocenters. The molecule has 42 heavy (non-hydrogen) atoms. The summed E-state index contributed by atoms with van der Waals surface area (Å²) in [7, 11) is -3.15. The highest BCUT2D eigenvalue weighted by Crippen LogP contribution is 2.37. The quantitative estimate of drug-likeness (QED) is 0.425. The number of sulfone groups is 1. The number of aliphatic carboxylic acids is 2. The highest BCUT2D eigenvalue weighted by molar-refractivity contribution is 7.92. The number of pyridine rings is 1. The Morgan fingerprint density at radius 1 is 0.905 bits per heavy atom. The number of benzene rings is 1. The van der Waals surface area contributed by atoms with Crippen molar-refractivity contribution in [3.63, 3.8) is 0 Å². The van der Waals surface area contributed by atoms with E-state index in [1.165, 1.54) is 0 Å². The summed E-state index contributed by atoms with van der Waals surface area (Å²) in [4.78, 5) is 36.9. The van der Waals surface area contributed by atoms with Crippen LogP contribution in [-0.4, -0.2) is 82.8 Å². The number of halogens is 6. The number of likely N-dealkylation sites (tertiary alicyclic amines) is 1. The molecule has 2 aliphatic rings. The highest BCUT2D eigenvalue weighted by Gasteiger charge is 2.50. The third-order valence-electron chi connectivity index (χ3n) is 6.34. The number of nitrogens with one attached hydrogen (secondary N) is 1. The van der Waals surface area contributed by atoms with Crippen LogP contribution in [-0.2, 0) is 37.3 Å². The number of amides is 1. The molecule has 3 N–H and O–H groups in total. The van der Waals surface area contributed by atoms with Gasteiger partial charge in [0.2, 0.25) is 5.91 Å². The van der Waals surface area contributed by atoms with E-state index in [-0.39, 0.29) is 23.5 Å². The fourth-order valence-electron chi connectivity index (χ4n) is 4.42. The zero-order valence-corrected chi connectivity index (χ0v) is 22.5. The Morgan fingerprint density at radius 3 is 1.95 bits per heavy atom. The Kier molecular flexibility index (Phi) is 11.9. The molecule has 0 radical (unpaired) electrons. The van der Waals surface area contributed by atoms with Crippen molar-refractivity contribution in [1.29, 1.82) is 0 Å². The lowest BCUT2D eigenvalue weighted by molar-refractivity contribution is -0.193. The summed E-state index contributed by atoms with van der Waals surface area (Å²) in [6, 6.07) is 13.8. The summed E-state index contributed by atoms with van der Waals surface area (Å²) in [5.41, 5.74) is 2.10. The van der Waals surface area contributed by atoms with Crippen LogP contribution in [0.2, 0.25) is 0 Å². The minimum absolute atomic E-state index is 0.0460. The molecule has 2 aromatic rings. The third-order valence-corrected chi connectivity index (χ3v) is 8.56. The predicted molar refractivity (Wildman–Crippen MR) is 134 cm³/mol. The average Bonchev–Trinajstić information content (AvgIpc) is 3.33. The first-order chi connectivity index (χ1) is 19.4. The summed E-state index contributed by atoms with van der Waals surface area (Å²) >= 11 is 0. The molecule has 2 saturated heterocycles. The summed E-state index contributed by atoms with van der Waals surface area (Å²) in [6.07, 6.45) is -6.34. The summed E-state index contributed by atoms with van der Waals surface area (Å²) in [5, 5.41) is 16.8. The van der Waals surface area contributed by atoms with Crippen LogP contribution in [0.4, 0.5) is 26.3 Å². The van der Waals surface area contributed by atoms with Crippen molar-refractivity contribution in [1.82, 2.24) is 15.2 Å². The Bertz CT molecular complexity index is 1290. The van der Waals surface area contributed by atoms with E-state index >= 15 is 0 Å². The lowest BCUT2D eigenvalue weighted by Crippen LogP contribution is -2.47. The van der Waals surface area contributed by atoms with Crippen LogP contribution in [0.25, 0.3) is 0 Å². The number of carbonyl (C=O) groups is 3. The maximum Gasteiger partial charge on any atom is 0.490 e. The molecule has 0 aliphatic carbocycles. The molecule has 4 rings (SSSR count). The zero-order chi connectivity index (χ0) is 31.7. The number of carboxylic acid groups (broad SMARTS) is 2. The fourth-order valence-corrected chi connectivity index (χ4v) is 6.55. The van der Waals surface area contributed by atoms with Gasteiger partial charge in [-0.3, -0.25) is 14.7 Å². The second-order valence-corrected chi connectivity index (χ2v) is 11.7. The van der Waals surface area contributed by atoms with Crippen LogP contribution in [0.5, 0.6) is 0 Å². The number of alkyl halides is 6. The number of hydrogen-bond donors (Lipinski definition) is 3. The molecule has 0 saturated carbocycles. The van der Waals surface area contributed by atoms with Gasteiger partial charge in [-0.25, -0.2) is 18.0 Å². The number of fused-ring (bicyclic) bond motifs is 1. The van der Waals surface area contributed by atoms with E-state index in [9.17, 15) is 39.6 Å². The normalized spacial score (nSPS) is 21.4. The topological polar surface area (TPSA) is 154 Å². The minimum Gasteiger partial charge on any atom is -0.475 e. The maximum atomic E-state index is 12.8. The van der Waals surface area contributed by atoms with E-state index in [4.69, 9.17) is 19.8 Å². The highest BCUT2D eigenvalue weighted by atomic mass is 32.2.